The van der Waals surface area contributed by atoms with Gasteiger partial charge in [-0.2, -0.15) is 0 Å². The zero-order chi connectivity index (χ0) is 11.8. The van der Waals surface area contributed by atoms with Gasteiger partial charge in [-0.3, -0.25) is 0 Å². The lowest BCUT2D eigenvalue weighted by atomic mass is 10.2. The molecular formula is C12H20N2O. The fourth-order valence-corrected chi connectivity index (χ4v) is 1.29. The number of aldehydes is 1. The molecule has 0 heterocycles. The maximum Gasteiger partial charge on any atom is 0.139 e. The van der Waals surface area contributed by atoms with Crippen molar-refractivity contribution in [3.8, 4) is 0 Å². The van der Waals surface area contributed by atoms with Gasteiger partial charge in [0.2, 0.25) is 0 Å². The van der Waals surface area contributed by atoms with Crippen LogP contribution in [0.5, 0.6) is 0 Å². The van der Waals surface area contributed by atoms with E-state index in [9.17, 15) is 4.79 Å². The van der Waals surface area contributed by atoms with Crippen LogP contribution in [-0.2, 0) is 4.79 Å². The van der Waals surface area contributed by atoms with Gasteiger partial charge in [0.05, 0.1) is 17.9 Å². The highest BCUT2D eigenvalue weighted by atomic mass is 16.1. The number of rotatable bonds is 6. The molecule has 0 atom stereocenters. The van der Waals surface area contributed by atoms with E-state index >= 15 is 0 Å². The third kappa shape index (κ3) is 4.02. The van der Waals surface area contributed by atoms with Crippen molar-refractivity contribution in [2.45, 2.75) is 6.92 Å². The fraction of sp³-hybridized carbons (Fsp3) is 0.417. The molecule has 0 aliphatic carbocycles. The summed E-state index contributed by atoms with van der Waals surface area (Å²) in [4.78, 5) is 14.3. The topological polar surface area (TPSA) is 23.6 Å². The second kappa shape index (κ2) is 6.87. The zero-order valence-electron chi connectivity index (χ0n) is 10.0. The van der Waals surface area contributed by atoms with Crippen LogP contribution >= 0.6 is 0 Å². The van der Waals surface area contributed by atoms with E-state index in [0.717, 1.165) is 17.7 Å². The zero-order valence-corrected chi connectivity index (χ0v) is 10.0. The first kappa shape index (κ1) is 13.5. The van der Waals surface area contributed by atoms with Crippen LogP contribution in [0, 0.1) is 0 Å². The molecule has 0 aromatic rings. The van der Waals surface area contributed by atoms with E-state index in [1.807, 2.05) is 50.0 Å². The lowest BCUT2D eigenvalue weighted by Crippen LogP contribution is -2.24. The lowest BCUT2D eigenvalue weighted by molar-refractivity contribution is -0.108. The monoisotopic (exact) mass is 208 g/mol. The Balaban J connectivity index is 5.20. The fourth-order valence-electron chi connectivity index (χ4n) is 1.29. The summed E-state index contributed by atoms with van der Waals surface area (Å²) in [5.74, 6) is 0. The predicted octanol–water partition coefficient (Wildman–Crippen LogP) is 1.65. The molecule has 0 unspecified atom stereocenters. The van der Waals surface area contributed by atoms with Crippen LogP contribution in [0.1, 0.15) is 6.92 Å². The smallest absolute Gasteiger partial charge is 0.139 e. The van der Waals surface area contributed by atoms with Gasteiger partial charge in [0.15, 0.2) is 0 Å². The minimum Gasteiger partial charge on any atom is -0.376 e. The van der Waals surface area contributed by atoms with Gasteiger partial charge >= 0.3 is 0 Å². The molecule has 0 aliphatic heterocycles. The Labute approximate surface area is 92.4 Å². The van der Waals surface area contributed by atoms with Crippen LogP contribution < -0.4 is 0 Å². The Morgan fingerprint density at radius 2 is 1.87 bits per heavy atom. The summed E-state index contributed by atoms with van der Waals surface area (Å²) in [5, 5.41) is 0. The minimum absolute atomic E-state index is 0.371. The molecule has 0 N–H and O–H groups in total. The van der Waals surface area contributed by atoms with Crippen molar-refractivity contribution >= 4 is 6.29 Å². The van der Waals surface area contributed by atoms with E-state index in [1.54, 1.807) is 6.08 Å². The molecule has 0 aliphatic rings. The number of carbonyl (C=O) groups is 1. The Bertz CT molecular complexity index is 277. The highest BCUT2D eigenvalue weighted by molar-refractivity contribution is 5.53. The van der Waals surface area contributed by atoms with Gasteiger partial charge in [0, 0.05) is 21.1 Å². The average molecular weight is 208 g/mol. The van der Waals surface area contributed by atoms with Crippen molar-refractivity contribution in [3.05, 3.63) is 36.2 Å². The molecule has 0 saturated heterocycles. The van der Waals surface area contributed by atoms with Crippen molar-refractivity contribution in [2.24, 2.45) is 0 Å². The summed E-state index contributed by atoms with van der Waals surface area (Å²) in [7, 11) is 5.81. The molecule has 0 rings (SSSR count). The van der Waals surface area contributed by atoms with Crippen molar-refractivity contribution in [1.29, 1.82) is 0 Å². The van der Waals surface area contributed by atoms with Gasteiger partial charge in [0.1, 0.15) is 6.29 Å². The molecule has 84 valence electrons. The van der Waals surface area contributed by atoms with Crippen LogP contribution in [0.3, 0.4) is 0 Å². The van der Waals surface area contributed by atoms with E-state index in [2.05, 4.69) is 6.58 Å². The van der Waals surface area contributed by atoms with E-state index in [4.69, 9.17) is 0 Å². The van der Waals surface area contributed by atoms with Crippen LogP contribution in [0.2, 0.25) is 0 Å². The summed E-state index contributed by atoms with van der Waals surface area (Å²) in [6.45, 7) is 6.11. The molecule has 0 fully saturated rings. The lowest BCUT2D eigenvalue weighted by Gasteiger charge is -2.24. The molecule has 0 bridgehead atoms. The molecule has 0 radical (unpaired) electrons. The molecule has 15 heavy (non-hydrogen) atoms. The molecule has 0 aromatic carbocycles. The van der Waals surface area contributed by atoms with Crippen LogP contribution in [0.4, 0.5) is 0 Å². The van der Waals surface area contributed by atoms with E-state index < -0.39 is 0 Å². The molecule has 0 amide bonds. The number of hydrogen-bond donors (Lipinski definition) is 0. The van der Waals surface area contributed by atoms with Crippen molar-refractivity contribution in [2.75, 3.05) is 27.7 Å². The SMILES string of the molecule is C=C/C(=C(\C=C/C)N(C)C)N(C)CC=O. The largest absolute Gasteiger partial charge is 0.376 e. The predicted molar refractivity (Wildman–Crippen MR) is 64.4 cm³/mol. The molecule has 0 saturated carbocycles. The molecule has 3 heteroatoms. The number of likely N-dealkylation sites (N-methyl/N-ethyl adjacent to an activating group) is 2. The summed E-state index contributed by atoms with van der Waals surface area (Å²) in [5.41, 5.74) is 1.99. The van der Waals surface area contributed by atoms with Crippen LogP contribution in [0.15, 0.2) is 36.2 Å². The normalized spacial score (nSPS) is 12.3. The summed E-state index contributed by atoms with van der Waals surface area (Å²) in [6, 6.07) is 0. The van der Waals surface area contributed by atoms with Gasteiger partial charge in [-0.1, -0.05) is 12.7 Å². The Hall–Kier alpha value is -1.51. The van der Waals surface area contributed by atoms with Crippen molar-refractivity contribution in [3.63, 3.8) is 0 Å². The minimum atomic E-state index is 0.371. The molecule has 0 spiro atoms. The van der Waals surface area contributed by atoms with Crippen molar-refractivity contribution in [1.82, 2.24) is 9.80 Å². The highest BCUT2D eigenvalue weighted by Gasteiger charge is 2.07. The number of allylic oxidation sites excluding steroid dienone is 3. The van der Waals surface area contributed by atoms with Gasteiger partial charge in [-0.05, 0) is 19.1 Å². The molecule has 0 aromatic heterocycles. The first-order valence-corrected chi connectivity index (χ1v) is 4.90. The quantitative estimate of drug-likeness (QED) is 0.490. The Morgan fingerprint density at radius 1 is 1.27 bits per heavy atom. The van der Waals surface area contributed by atoms with Gasteiger partial charge < -0.3 is 14.6 Å². The molecule has 3 nitrogen and oxygen atoms in total. The maximum absolute atomic E-state index is 10.5. The second-order valence-electron chi connectivity index (χ2n) is 3.42. The summed E-state index contributed by atoms with van der Waals surface area (Å²) in [6.07, 6.45) is 6.61. The Morgan fingerprint density at radius 3 is 2.20 bits per heavy atom. The van der Waals surface area contributed by atoms with E-state index in [1.165, 1.54) is 0 Å². The van der Waals surface area contributed by atoms with Crippen molar-refractivity contribution < 1.29 is 4.79 Å². The second-order valence-corrected chi connectivity index (χ2v) is 3.42. The number of carbonyl (C=O) groups excluding carboxylic acids is 1. The summed E-state index contributed by atoms with van der Waals surface area (Å²) < 4.78 is 0. The number of nitrogens with zero attached hydrogens (tertiary/aromatic N) is 2. The van der Waals surface area contributed by atoms with Gasteiger partial charge in [0.25, 0.3) is 0 Å². The summed E-state index contributed by atoms with van der Waals surface area (Å²) >= 11 is 0. The Kier molecular flexibility index (Phi) is 6.18. The first-order valence-electron chi connectivity index (χ1n) is 4.90. The van der Waals surface area contributed by atoms with Gasteiger partial charge in [-0.15, -0.1) is 0 Å². The van der Waals surface area contributed by atoms with E-state index in [-0.39, 0.29) is 0 Å². The maximum atomic E-state index is 10.5. The first-order chi connectivity index (χ1) is 7.08. The van der Waals surface area contributed by atoms with Gasteiger partial charge in [-0.25, -0.2) is 0 Å². The van der Waals surface area contributed by atoms with E-state index in [0.29, 0.717) is 6.54 Å². The third-order valence-electron chi connectivity index (χ3n) is 2.02. The number of hydrogen-bond acceptors (Lipinski definition) is 3. The highest BCUT2D eigenvalue weighted by Crippen LogP contribution is 2.13. The molecular weight excluding hydrogens is 188 g/mol. The van der Waals surface area contributed by atoms with Crippen LogP contribution in [-0.4, -0.2) is 43.8 Å². The average Bonchev–Trinajstić information content (AvgIpc) is 2.18. The van der Waals surface area contributed by atoms with Crippen LogP contribution in [0.25, 0.3) is 0 Å². The standard InChI is InChI=1S/C12H20N2O/c1-6-8-12(13(3)4)11(7-2)14(5)9-10-15/h6-8,10H,2,9H2,1,3-5H3/b8-6-,12-11-. The third-order valence-corrected chi connectivity index (χ3v) is 2.02.